The van der Waals surface area contributed by atoms with Crippen molar-refractivity contribution in [2.24, 2.45) is 5.92 Å². The minimum Gasteiger partial charge on any atom is -0.391 e. The quantitative estimate of drug-likeness (QED) is 0.701. The van der Waals surface area contributed by atoms with Crippen molar-refractivity contribution < 1.29 is 9.90 Å². The molecule has 1 fully saturated rings. The van der Waals surface area contributed by atoms with Crippen LogP contribution in [0.1, 0.15) is 15.9 Å². The van der Waals surface area contributed by atoms with Crippen molar-refractivity contribution >= 4 is 5.91 Å². The van der Waals surface area contributed by atoms with E-state index in [4.69, 9.17) is 0 Å². The third-order valence-electron chi connectivity index (χ3n) is 3.89. The van der Waals surface area contributed by atoms with Crippen molar-refractivity contribution in [3.05, 3.63) is 48.0 Å². The average Bonchev–Trinajstić information content (AvgIpc) is 3.17. The average molecular weight is 301 g/mol. The van der Waals surface area contributed by atoms with Gasteiger partial charge in [-0.3, -0.25) is 4.79 Å². The number of amides is 1. The van der Waals surface area contributed by atoms with Crippen molar-refractivity contribution in [2.75, 3.05) is 19.6 Å². The van der Waals surface area contributed by atoms with E-state index in [1.54, 1.807) is 17.1 Å². The molecule has 2 aromatic rings. The van der Waals surface area contributed by atoms with E-state index in [2.05, 4.69) is 20.7 Å². The lowest BCUT2D eigenvalue weighted by atomic mass is 10.0. The fourth-order valence-corrected chi connectivity index (χ4v) is 2.62. The molecule has 0 bridgehead atoms. The van der Waals surface area contributed by atoms with E-state index in [0.29, 0.717) is 25.2 Å². The zero-order valence-corrected chi connectivity index (χ0v) is 12.1. The van der Waals surface area contributed by atoms with Crippen LogP contribution in [0.4, 0.5) is 0 Å². The van der Waals surface area contributed by atoms with Crippen LogP contribution in [0, 0.1) is 5.92 Å². The maximum Gasteiger partial charge on any atom is 0.251 e. The Balaban J connectivity index is 1.66. The molecule has 1 aromatic heterocycles. The maximum absolute atomic E-state index is 12.4. The molecule has 1 amide bonds. The fourth-order valence-electron chi connectivity index (χ4n) is 2.62. The molecule has 3 rings (SSSR count). The Bertz CT molecular complexity index is 629. The number of aliphatic hydroxyl groups excluding tert-OH is 1. The molecule has 0 spiro atoms. The summed E-state index contributed by atoms with van der Waals surface area (Å²) in [6, 6.07) is 7.44. The first-order valence-electron chi connectivity index (χ1n) is 7.31. The number of β-amino-alcohol motifs (C(OH)–C–C–N with tert-alkyl or cyclic N) is 1. The van der Waals surface area contributed by atoms with E-state index in [1.165, 1.54) is 6.33 Å². The molecule has 2 heterocycles. The van der Waals surface area contributed by atoms with Gasteiger partial charge in [-0.05, 0) is 11.6 Å². The molecule has 2 unspecified atom stereocenters. The van der Waals surface area contributed by atoms with E-state index in [9.17, 15) is 9.90 Å². The number of aromatic nitrogens is 3. The minimum atomic E-state index is -0.398. The zero-order valence-electron chi connectivity index (χ0n) is 12.1. The van der Waals surface area contributed by atoms with Gasteiger partial charge in [-0.25, -0.2) is 9.67 Å². The molecule has 1 aromatic carbocycles. The summed E-state index contributed by atoms with van der Waals surface area (Å²) in [5, 5.41) is 19.8. The topological polar surface area (TPSA) is 92.1 Å². The minimum absolute atomic E-state index is 0.0615. The number of nitrogens with zero attached hydrogens (tertiary/aromatic N) is 3. The van der Waals surface area contributed by atoms with Crippen LogP contribution in [0.3, 0.4) is 0 Å². The van der Waals surface area contributed by atoms with Gasteiger partial charge in [0.2, 0.25) is 0 Å². The predicted molar refractivity (Wildman–Crippen MR) is 80.3 cm³/mol. The molecule has 22 heavy (non-hydrogen) atoms. The van der Waals surface area contributed by atoms with Crippen molar-refractivity contribution in [1.29, 1.82) is 0 Å². The Hall–Kier alpha value is -2.25. The summed E-state index contributed by atoms with van der Waals surface area (Å²) in [7, 11) is 0. The molecule has 1 saturated heterocycles. The normalized spacial score (nSPS) is 21.0. The molecule has 116 valence electrons. The van der Waals surface area contributed by atoms with Crippen molar-refractivity contribution in [3.63, 3.8) is 0 Å². The second-order valence-corrected chi connectivity index (χ2v) is 5.45. The van der Waals surface area contributed by atoms with Crippen LogP contribution in [0.15, 0.2) is 36.9 Å². The van der Waals surface area contributed by atoms with Gasteiger partial charge in [0.1, 0.15) is 12.7 Å². The standard InChI is InChI=1S/C15H19N5O2/c21-14-7-16-5-12(14)6-18-15(22)13-4-2-1-3-11(13)8-20-10-17-9-19-20/h1-4,9-10,12,14,16,21H,5-8H2,(H,18,22). The number of hydrogen-bond acceptors (Lipinski definition) is 5. The highest BCUT2D eigenvalue weighted by molar-refractivity contribution is 5.95. The number of carbonyl (C=O) groups is 1. The third-order valence-corrected chi connectivity index (χ3v) is 3.89. The van der Waals surface area contributed by atoms with E-state index in [1.807, 2.05) is 18.2 Å². The summed E-state index contributed by atoms with van der Waals surface area (Å²) >= 11 is 0. The van der Waals surface area contributed by atoms with Crippen molar-refractivity contribution in [1.82, 2.24) is 25.4 Å². The van der Waals surface area contributed by atoms with Crippen molar-refractivity contribution in [2.45, 2.75) is 12.6 Å². The summed E-state index contributed by atoms with van der Waals surface area (Å²) in [4.78, 5) is 16.3. The van der Waals surface area contributed by atoms with Crippen LogP contribution in [-0.4, -0.2) is 51.5 Å². The molecule has 0 radical (unpaired) electrons. The highest BCUT2D eigenvalue weighted by Gasteiger charge is 2.25. The number of carbonyl (C=O) groups excluding carboxylic acids is 1. The second kappa shape index (κ2) is 6.67. The molecule has 7 heteroatoms. The lowest BCUT2D eigenvalue weighted by Crippen LogP contribution is -2.34. The molecule has 0 aliphatic carbocycles. The molecule has 0 saturated carbocycles. The Morgan fingerprint density at radius 1 is 1.41 bits per heavy atom. The van der Waals surface area contributed by atoms with Gasteiger partial charge in [-0.2, -0.15) is 5.10 Å². The first-order chi connectivity index (χ1) is 10.7. The Morgan fingerprint density at radius 3 is 3.00 bits per heavy atom. The molecular weight excluding hydrogens is 282 g/mol. The van der Waals surface area contributed by atoms with Gasteiger partial charge in [0.15, 0.2) is 0 Å². The maximum atomic E-state index is 12.4. The van der Waals surface area contributed by atoms with Crippen LogP contribution < -0.4 is 10.6 Å². The molecular formula is C15H19N5O2. The smallest absolute Gasteiger partial charge is 0.251 e. The predicted octanol–water partition coefficient (Wildman–Crippen LogP) is -0.363. The van der Waals surface area contributed by atoms with E-state index >= 15 is 0 Å². The van der Waals surface area contributed by atoms with Gasteiger partial charge < -0.3 is 15.7 Å². The van der Waals surface area contributed by atoms with E-state index in [0.717, 1.165) is 12.1 Å². The summed E-state index contributed by atoms with van der Waals surface area (Å²) in [6.45, 7) is 2.27. The molecule has 1 aliphatic rings. The van der Waals surface area contributed by atoms with Crippen molar-refractivity contribution in [3.8, 4) is 0 Å². The van der Waals surface area contributed by atoms with Gasteiger partial charge in [-0.15, -0.1) is 0 Å². The third kappa shape index (κ3) is 3.32. The highest BCUT2D eigenvalue weighted by atomic mass is 16.3. The van der Waals surface area contributed by atoms with Crippen LogP contribution in [0.2, 0.25) is 0 Å². The molecule has 3 N–H and O–H groups in total. The van der Waals surface area contributed by atoms with Gasteiger partial charge in [0.25, 0.3) is 5.91 Å². The van der Waals surface area contributed by atoms with Crippen LogP contribution in [-0.2, 0) is 6.54 Å². The zero-order chi connectivity index (χ0) is 15.4. The second-order valence-electron chi connectivity index (χ2n) is 5.45. The number of rotatable bonds is 5. The molecule has 1 aliphatic heterocycles. The number of benzene rings is 1. The monoisotopic (exact) mass is 301 g/mol. The van der Waals surface area contributed by atoms with Gasteiger partial charge >= 0.3 is 0 Å². The lowest BCUT2D eigenvalue weighted by molar-refractivity contribution is 0.0926. The summed E-state index contributed by atoms with van der Waals surface area (Å²) in [6.07, 6.45) is 2.69. The lowest BCUT2D eigenvalue weighted by Gasteiger charge is -2.15. The number of nitrogens with one attached hydrogen (secondary N) is 2. The summed E-state index contributed by atoms with van der Waals surface area (Å²) in [5.74, 6) is -0.0683. The first kappa shape index (κ1) is 14.7. The highest BCUT2D eigenvalue weighted by Crippen LogP contribution is 2.12. The van der Waals surface area contributed by atoms with Gasteiger partial charge in [-0.1, -0.05) is 18.2 Å². The molecule has 7 nitrogen and oxygen atoms in total. The van der Waals surface area contributed by atoms with Crippen LogP contribution in [0.25, 0.3) is 0 Å². The number of hydrogen-bond donors (Lipinski definition) is 3. The Kier molecular flexibility index (Phi) is 4.45. The van der Waals surface area contributed by atoms with E-state index < -0.39 is 6.10 Å². The van der Waals surface area contributed by atoms with Crippen LogP contribution >= 0.6 is 0 Å². The Labute approximate surface area is 128 Å². The summed E-state index contributed by atoms with van der Waals surface area (Å²) < 4.78 is 1.68. The fraction of sp³-hybridized carbons (Fsp3) is 0.400. The summed E-state index contributed by atoms with van der Waals surface area (Å²) in [5.41, 5.74) is 1.51. The Morgan fingerprint density at radius 2 is 2.27 bits per heavy atom. The first-order valence-corrected chi connectivity index (χ1v) is 7.31. The SMILES string of the molecule is O=C(NCC1CNCC1O)c1ccccc1Cn1cncn1. The largest absolute Gasteiger partial charge is 0.391 e. The van der Waals surface area contributed by atoms with Gasteiger partial charge in [0, 0.05) is 31.1 Å². The van der Waals surface area contributed by atoms with E-state index in [-0.39, 0.29) is 11.8 Å². The van der Waals surface area contributed by atoms with Gasteiger partial charge in [0.05, 0.1) is 12.6 Å². The number of aliphatic hydroxyl groups is 1. The van der Waals surface area contributed by atoms with Crippen LogP contribution in [0.5, 0.6) is 0 Å². The molecule has 2 atom stereocenters.